The van der Waals surface area contributed by atoms with Crippen LogP contribution in [0.5, 0.6) is 0 Å². The van der Waals surface area contributed by atoms with Gasteiger partial charge in [0.2, 0.25) is 0 Å². The Kier molecular flexibility index (Phi) is 5.20. The largest absolute Gasteiger partial charge is 0.387 e. The number of hydrogen-bond donors (Lipinski definition) is 1. The minimum Gasteiger partial charge on any atom is -0.387 e. The standard InChI is InChI=1S/C12H17ClN2O3S/c1-14-11-5-4-9(13)8-10(11)12(16)15(2)6-7-19(3,17)18/h4-5,8,14H,6-7H2,1-3H3. The van der Waals surface area contributed by atoms with Crippen molar-refractivity contribution < 1.29 is 13.2 Å². The first-order valence-corrected chi connectivity index (χ1v) is 8.09. The molecule has 106 valence electrons. The van der Waals surface area contributed by atoms with Crippen molar-refractivity contribution in [2.24, 2.45) is 0 Å². The van der Waals surface area contributed by atoms with Gasteiger partial charge in [0.15, 0.2) is 0 Å². The van der Waals surface area contributed by atoms with Gasteiger partial charge in [0.25, 0.3) is 5.91 Å². The molecule has 1 aromatic carbocycles. The molecule has 1 rings (SSSR count). The molecular formula is C12H17ClN2O3S. The lowest BCUT2D eigenvalue weighted by atomic mass is 10.1. The lowest BCUT2D eigenvalue weighted by Crippen LogP contribution is -2.31. The summed E-state index contributed by atoms with van der Waals surface area (Å²) in [6.07, 6.45) is 1.14. The smallest absolute Gasteiger partial charge is 0.255 e. The fraction of sp³-hybridized carbons (Fsp3) is 0.417. The highest BCUT2D eigenvalue weighted by Crippen LogP contribution is 2.21. The van der Waals surface area contributed by atoms with Gasteiger partial charge in [-0.05, 0) is 18.2 Å². The van der Waals surface area contributed by atoms with Gasteiger partial charge < -0.3 is 10.2 Å². The molecule has 19 heavy (non-hydrogen) atoms. The summed E-state index contributed by atoms with van der Waals surface area (Å²) in [5.74, 6) is -0.333. The number of benzene rings is 1. The van der Waals surface area contributed by atoms with E-state index in [1.807, 2.05) is 0 Å². The Morgan fingerprint density at radius 3 is 2.58 bits per heavy atom. The number of nitrogens with zero attached hydrogens (tertiary/aromatic N) is 1. The fourth-order valence-corrected chi connectivity index (χ4v) is 2.30. The van der Waals surface area contributed by atoms with Gasteiger partial charge in [-0.25, -0.2) is 8.42 Å². The molecule has 0 aliphatic rings. The zero-order valence-corrected chi connectivity index (χ0v) is 12.7. The number of amides is 1. The molecule has 0 heterocycles. The molecule has 0 bridgehead atoms. The summed E-state index contributed by atoms with van der Waals surface area (Å²) in [4.78, 5) is 13.6. The molecule has 0 aliphatic heterocycles. The summed E-state index contributed by atoms with van der Waals surface area (Å²) in [5.41, 5.74) is 1.08. The van der Waals surface area contributed by atoms with Gasteiger partial charge in [0.05, 0.1) is 11.3 Å². The van der Waals surface area contributed by atoms with Crippen molar-refractivity contribution in [1.29, 1.82) is 0 Å². The first-order valence-electron chi connectivity index (χ1n) is 5.65. The fourth-order valence-electron chi connectivity index (χ4n) is 1.52. The van der Waals surface area contributed by atoms with Crippen LogP contribution in [-0.2, 0) is 9.84 Å². The molecule has 1 aromatic rings. The first kappa shape index (κ1) is 15.8. The number of rotatable bonds is 5. The number of carbonyl (C=O) groups is 1. The number of nitrogens with one attached hydrogen (secondary N) is 1. The van der Waals surface area contributed by atoms with Crippen LogP contribution < -0.4 is 5.32 Å². The zero-order chi connectivity index (χ0) is 14.6. The van der Waals surface area contributed by atoms with Crippen LogP contribution in [-0.4, -0.2) is 51.9 Å². The number of hydrogen-bond acceptors (Lipinski definition) is 4. The summed E-state index contributed by atoms with van der Waals surface area (Å²) in [6, 6.07) is 4.95. The monoisotopic (exact) mass is 304 g/mol. The molecule has 0 aromatic heterocycles. The van der Waals surface area contributed by atoms with E-state index in [1.54, 1.807) is 32.3 Å². The molecule has 5 nitrogen and oxygen atoms in total. The highest BCUT2D eigenvalue weighted by Gasteiger charge is 2.17. The van der Waals surface area contributed by atoms with E-state index in [0.29, 0.717) is 16.3 Å². The Labute approximate surface area is 118 Å². The normalized spacial score (nSPS) is 11.2. The molecule has 0 atom stereocenters. The van der Waals surface area contributed by atoms with Crippen LogP contribution in [0.25, 0.3) is 0 Å². The van der Waals surface area contributed by atoms with Crippen molar-refractivity contribution in [3.63, 3.8) is 0 Å². The highest BCUT2D eigenvalue weighted by atomic mass is 35.5. The topological polar surface area (TPSA) is 66.5 Å². The Morgan fingerprint density at radius 2 is 2.05 bits per heavy atom. The summed E-state index contributed by atoms with van der Waals surface area (Å²) < 4.78 is 22.2. The predicted molar refractivity (Wildman–Crippen MR) is 77.7 cm³/mol. The van der Waals surface area contributed by atoms with Gasteiger partial charge in [-0.1, -0.05) is 11.6 Å². The SMILES string of the molecule is CNc1ccc(Cl)cc1C(=O)N(C)CCS(C)(=O)=O. The minimum absolute atomic E-state index is 0.0648. The number of sulfone groups is 1. The second-order valence-electron chi connectivity index (χ2n) is 4.30. The third-order valence-electron chi connectivity index (χ3n) is 2.63. The average Bonchev–Trinajstić information content (AvgIpc) is 2.34. The summed E-state index contributed by atoms with van der Waals surface area (Å²) in [5, 5.41) is 3.36. The quantitative estimate of drug-likeness (QED) is 0.895. The van der Waals surface area contributed by atoms with Crippen LogP contribution in [0.1, 0.15) is 10.4 Å². The van der Waals surface area contributed by atoms with E-state index < -0.39 is 9.84 Å². The molecule has 0 saturated carbocycles. The summed E-state index contributed by atoms with van der Waals surface area (Å²) in [7, 11) is 0.174. The van der Waals surface area contributed by atoms with Gasteiger partial charge in [-0.2, -0.15) is 0 Å². The Balaban J connectivity index is 2.90. The van der Waals surface area contributed by atoms with Gasteiger partial charge in [0, 0.05) is 37.6 Å². The van der Waals surface area contributed by atoms with E-state index in [9.17, 15) is 13.2 Å². The van der Waals surface area contributed by atoms with E-state index >= 15 is 0 Å². The van der Waals surface area contributed by atoms with E-state index in [2.05, 4.69) is 5.32 Å². The maximum atomic E-state index is 12.2. The predicted octanol–water partition coefficient (Wildman–Crippen LogP) is 1.50. The second kappa shape index (κ2) is 6.25. The van der Waals surface area contributed by atoms with Crippen LogP contribution in [0.15, 0.2) is 18.2 Å². The van der Waals surface area contributed by atoms with Gasteiger partial charge in [-0.3, -0.25) is 4.79 Å². The lowest BCUT2D eigenvalue weighted by molar-refractivity contribution is 0.0804. The second-order valence-corrected chi connectivity index (χ2v) is 6.99. The maximum absolute atomic E-state index is 12.2. The average molecular weight is 305 g/mol. The lowest BCUT2D eigenvalue weighted by Gasteiger charge is -2.18. The molecule has 1 N–H and O–H groups in total. The molecule has 0 aliphatic carbocycles. The van der Waals surface area contributed by atoms with Crippen LogP contribution in [0.3, 0.4) is 0 Å². The van der Waals surface area contributed by atoms with Crippen LogP contribution in [0.4, 0.5) is 5.69 Å². The van der Waals surface area contributed by atoms with Crippen molar-refractivity contribution in [1.82, 2.24) is 4.90 Å². The molecule has 0 saturated heterocycles. The van der Waals surface area contributed by atoms with Gasteiger partial charge in [-0.15, -0.1) is 0 Å². The highest BCUT2D eigenvalue weighted by molar-refractivity contribution is 7.90. The van der Waals surface area contributed by atoms with E-state index in [0.717, 1.165) is 6.26 Å². The van der Waals surface area contributed by atoms with Crippen molar-refractivity contribution in [2.45, 2.75) is 0 Å². The van der Waals surface area contributed by atoms with Crippen LogP contribution in [0.2, 0.25) is 5.02 Å². The van der Waals surface area contributed by atoms with Crippen molar-refractivity contribution in [3.8, 4) is 0 Å². The third kappa shape index (κ3) is 4.72. The third-order valence-corrected chi connectivity index (χ3v) is 3.78. The Bertz CT molecular complexity index is 572. The zero-order valence-electron chi connectivity index (χ0n) is 11.1. The molecule has 0 unspecified atom stereocenters. The van der Waals surface area contributed by atoms with Gasteiger partial charge >= 0.3 is 0 Å². The molecule has 0 spiro atoms. The van der Waals surface area contributed by atoms with Crippen LogP contribution >= 0.6 is 11.6 Å². The van der Waals surface area contributed by atoms with Crippen molar-refractivity contribution in [3.05, 3.63) is 28.8 Å². The number of carbonyl (C=O) groups excluding carboxylic acids is 1. The number of anilines is 1. The van der Waals surface area contributed by atoms with Crippen molar-refractivity contribution >= 4 is 33.0 Å². The van der Waals surface area contributed by atoms with Gasteiger partial charge in [0.1, 0.15) is 9.84 Å². The Hall–Kier alpha value is -1.27. The summed E-state index contributed by atoms with van der Waals surface area (Å²) >= 11 is 5.88. The minimum atomic E-state index is -3.09. The molecule has 0 radical (unpaired) electrons. The molecule has 7 heteroatoms. The van der Waals surface area contributed by atoms with Crippen molar-refractivity contribution in [2.75, 3.05) is 38.0 Å². The van der Waals surface area contributed by atoms with E-state index in [1.165, 1.54) is 4.90 Å². The van der Waals surface area contributed by atoms with E-state index in [4.69, 9.17) is 11.6 Å². The first-order chi connectivity index (χ1) is 8.74. The number of halogens is 1. The van der Waals surface area contributed by atoms with E-state index in [-0.39, 0.29) is 18.2 Å². The summed E-state index contributed by atoms with van der Waals surface area (Å²) in [6.45, 7) is 0.146. The Morgan fingerprint density at radius 1 is 1.42 bits per heavy atom. The molecule has 1 amide bonds. The maximum Gasteiger partial charge on any atom is 0.255 e. The molecule has 0 fully saturated rings. The van der Waals surface area contributed by atoms with Crippen LogP contribution in [0, 0.1) is 0 Å². The molecular weight excluding hydrogens is 288 g/mol.